The summed E-state index contributed by atoms with van der Waals surface area (Å²) in [7, 11) is -2.94. The van der Waals surface area contributed by atoms with Crippen LogP contribution in [0.5, 0.6) is 0 Å². The number of nitrogens with two attached hydrogens (primary N) is 1. The minimum atomic E-state index is -2.94. The van der Waals surface area contributed by atoms with Gasteiger partial charge in [0, 0.05) is 5.54 Å². The van der Waals surface area contributed by atoms with Crippen LogP contribution in [0.2, 0.25) is 0 Å². The molecule has 0 aromatic rings. The molecule has 0 bridgehead atoms. The van der Waals surface area contributed by atoms with Crippen LogP contribution in [0.4, 0.5) is 0 Å². The molecule has 0 aromatic carbocycles. The Morgan fingerprint density at radius 1 is 1.00 bits per heavy atom. The summed E-state index contributed by atoms with van der Waals surface area (Å²) in [4.78, 5) is 0. The molecule has 2 fully saturated rings. The molecular weight excluding hydrogens is 222 g/mol. The van der Waals surface area contributed by atoms with Crippen molar-refractivity contribution in [2.45, 2.75) is 68.6 Å². The topological polar surface area (TPSA) is 60.2 Å². The van der Waals surface area contributed by atoms with Gasteiger partial charge in [0.2, 0.25) is 0 Å². The Hall–Kier alpha value is -0.0900. The maximum atomic E-state index is 12.2. The minimum absolute atomic E-state index is 0.0881. The van der Waals surface area contributed by atoms with E-state index < -0.39 is 15.4 Å². The molecule has 0 aromatic heterocycles. The number of rotatable bonds is 3. The average molecular weight is 245 g/mol. The molecule has 0 unspecified atom stereocenters. The first-order chi connectivity index (χ1) is 7.52. The molecule has 2 rings (SSSR count). The Balaban J connectivity index is 2.01. The van der Waals surface area contributed by atoms with Crippen LogP contribution in [0.3, 0.4) is 0 Å². The van der Waals surface area contributed by atoms with Crippen molar-refractivity contribution in [3.05, 3.63) is 0 Å². The standard InChI is InChI=1S/C12H23NO2S/c13-12(8-4-1-5-9-12)10-16(14,15)11-6-2-3-7-11/h11H,1-10,13H2. The average Bonchev–Trinajstić information content (AvgIpc) is 2.70. The van der Waals surface area contributed by atoms with E-state index in [1.54, 1.807) is 0 Å². The molecule has 2 saturated carbocycles. The SMILES string of the molecule is NC1(CS(=O)(=O)C2CCCC2)CCCCC1. The summed E-state index contributed by atoms with van der Waals surface area (Å²) in [6.07, 6.45) is 9.04. The lowest BCUT2D eigenvalue weighted by molar-refractivity contribution is 0.323. The quantitative estimate of drug-likeness (QED) is 0.827. The van der Waals surface area contributed by atoms with Gasteiger partial charge in [-0.15, -0.1) is 0 Å². The summed E-state index contributed by atoms with van der Waals surface area (Å²) in [6.45, 7) is 0. The molecule has 4 heteroatoms. The second-order valence-corrected chi connectivity index (χ2v) is 7.92. The van der Waals surface area contributed by atoms with Gasteiger partial charge in [-0.05, 0) is 25.7 Å². The summed E-state index contributed by atoms with van der Waals surface area (Å²) in [5, 5.41) is -0.0881. The van der Waals surface area contributed by atoms with Crippen molar-refractivity contribution in [2.75, 3.05) is 5.75 Å². The molecule has 2 aliphatic rings. The number of sulfone groups is 1. The van der Waals surface area contributed by atoms with Gasteiger partial charge in [-0.25, -0.2) is 8.42 Å². The summed E-state index contributed by atoms with van der Waals surface area (Å²) in [5.41, 5.74) is 5.82. The number of hydrogen-bond donors (Lipinski definition) is 1. The van der Waals surface area contributed by atoms with Crippen molar-refractivity contribution in [2.24, 2.45) is 5.73 Å². The van der Waals surface area contributed by atoms with Gasteiger partial charge in [0.05, 0.1) is 11.0 Å². The van der Waals surface area contributed by atoms with Gasteiger partial charge < -0.3 is 5.73 Å². The second-order valence-electron chi connectivity index (χ2n) is 5.64. The smallest absolute Gasteiger partial charge is 0.154 e. The van der Waals surface area contributed by atoms with Crippen LogP contribution in [0.1, 0.15) is 57.8 Å². The molecule has 0 spiro atoms. The zero-order chi connectivity index (χ0) is 11.6. The molecular formula is C12H23NO2S. The van der Waals surface area contributed by atoms with Crippen LogP contribution in [0.15, 0.2) is 0 Å². The van der Waals surface area contributed by atoms with Gasteiger partial charge in [-0.1, -0.05) is 32.1 Å². The first-order valence-electron chi connectivity index (χ1n) is 6.52. The van der Waals surface area contributed by atoms with Crippen LogP contribution in [-0.2, 0) is 9.84 Å². The predicted molar refractivity (Wildman–Crippen MR) is 66.0 cm³/mol. The van der Waals surface area contributed by atoms with Gasteiger partial charge in [-0.3, -0.25) is 0 Å². The molecule has 3 nitrogen and oxygen atoms in total. The van der Waals surface area contributed by atoms with E-state index in [1.807, 2.05) is 0 Å². The molecule has 0 saturated heterocycles. The Bertz CT molecular complexity index is 325. The maximum Gasteiger partial charge on any atom is 0.154 e. The first-order valence-corrected chi connectivity index (χ1v) is 8.24. The van der Waals surface area contributed by atoms with E-state index in [4.69, 9.17) is 5.73 Å². The molecule has 0 atom stereocenters. The van der Waals surface area contributed by atoms with Gasteiger partial charge in [0.25, 0.3) is 0 Å². The molecule has 94 valence electrons. The van der Waals surface area contributed by atoms with Crippen LogP contribution in [0.25, 0.3) is 0 Å². The molecule has 2 aliphatic carbocycles. The molecule has 0 radical (unpaired) electrons. The zero-order valence-corrected chi connectivity index (χ0v) is 10.8. The predicted octanol–water partition coefficient (Wildman–Crippen LogP) is 2.01. The number of hydrogen-bond acceptors (Lipinski definition) is 3. The van der Waals surface area contributed by atoms with Gasteiger partial charge >= 0.3 is 0 Å². The fraction of sp³-hybridized carbons (Fsp3) is 1.00. The molecule has 2 N–H and O–H groups in total. The fourth-order valence-corrected chi connectivity index (χ4v) is 5.54. The zero-order valence-electron chi connectivity index (χ0n) is 9.95. The lowest BCUT2D eigenvalue weighted by Crippen LogP contribution is -2.49. The van der Waals surface area contributed by atoms with Crippen LogP contribution in [0, 0.1) is 0 Å². The van der Waals surface area contributed by atoms with E-state index in [1.165, 1.54) is 6.42 Å². The van der Waals surface area contributed by atoms with Crippen molar-refractivity contribution >= 4 is 9.84 Å². The second kappa shape index (κ2) is 4.65. The highest BCUT2D eigenvalue weighted by Crippen LogP contribution is 2.31. The van der Waals surface area contributed by atoms with Crippen molar-refractivity contribution in [1.82, 2.24) is 0 Å². The first kappa shape index (κ1) is 12.4. The minimum Gasteiger partial charge on any atom is -0.324 e. The lowest BCUT2D eigenvalue weighted by atomic mass is 9.84. The van der Waals surface area contributed by atoms with Crippen molar-refractivity contribution in [3.63, 3.8) is 0 Å². The largest absolute Gasteiger partial charge is 0.324 e. The van der Waals surface area contributed by atoms with Gasteiger partial charge in [-0.2, -0.15) is 0 Å². The van der Waals surface area contributed by atoms with Crippen LogP contribution >= 0.6 is 0 Å². The Kier molecular flexibility index (Phi) is 3.59. The Morgan fingerprint density at radius 3 is 2.12 bits per heavy atom. The summed E-state index contributed by atoms with van der Waals surface area (Å²) in [6, 6.07) is 0. The van der Waals surface area contributed by atoms with E-state index >= 15 is 0 Å². The van der Waals surface area contributed by atoms with Crippen molar-refractivity contribution in [1.29, 1.82) is 0 Å². The van der Waals surface area contributed by atoms with Crippen molar-refractivity contribution < 1.29 is 8.42 Å². The van der Waals surface area contributed by atoms with E-state index in [-0.39, 0.29) is 11.0 Å². The fourth-order valence-electron chi connectivity index (χ4n) is 3.17. The van der Waals surface area contributed by atoms with Crippen molar-refractivity contribution in [3.8, 4) is 0 Å². The van der Waals surface area contributed by atoms with Crippen LogP contribution in [-0.4, -0.2) is 25.0 Å². The molecule has 16 heavy (non-hydrogen) atoms. The van der Waals surface area contributed by atoms with E-state index in [0.717, 1.165) is 51.4 Å². The maximum absolute atomic E-state index is 12.2. The summed E-state index contributed by atoms with van der Waals surface area (Å²) in [5.74, 6) is 0.227. The molecule has 0 aliphatic heterocycles. The Morgan fingerprint density at radius 2 is 1.56 bits per heavy atom. The third-order valence-corrected chi connectivity index (χ3v) is 6.61. The monoisotopic (exact) mass is 245 g/mol. The third-order valence-electron chi connectivity index (χ3n) is 4.15. The highest BCUT2D eigenvalue weighted by atomic mass is 32.2. The molecule has 0 amide bonds. The normalized spacial score (nSPS) is 27.1. The lowest BCUT2D eigenvalue weighted by Gasteiger charge is -2.33. The Labute approximate surface area is 98.7 Å². The van der Waals surface area contributed by atoms with E-state index in [2.05, 4.69) is 0 Å². The highest BCUT2D eigenvalue weighted by Gasteiger charge is 2.37. The summed E-state index contributed by atoms with van der Waals surface area (Å²) < 4.78 is 24.5. The van der Waals surface area contributed by atoms with Gasteiger partial charge in [0.1, 0.15) is 0 Å². The van der Waals surface area contributed by atoms with E-state index in [9.17, 15) is 8.42 Å². The third kappa shape index (κ3) is 2.77. The van der Waals surface area contributed by atoms with Gasteiger partial charge in [0.15, 0.2) is 9.84 Å². The summed E-state index contributed by atoms with van der Waals surface area (Å²) >= 11 is 0. The molecule has 0 heterocycles. The van der Waals surface area contributed by atoms with Crippen LogP contribution < -0.4 is 5.73 Å². The van der Waals surface area contributed by atoms with E-state index in [0.29, 0.717) is 0 Å². The highest BCUT2D eigenvalue weighted by molar-refractivity contribution is 7.92.